The molecule has 0 aliphatic heterocycles. The smallest absolute Gasteiger partial charge is 0.369 e. The lowest BCUT2D eigenvalue weighted by molar-refractivity contribution is 0.0349. The van der Waals surface area contributed by atoms with Gasteiger partial charge in [-0.1, -0.05) is 43.9 Å². The molecule has 1 aliphatic rings. The average molecular weight is 350 g/mol. The molecule has 0 bridgehead atoms. The minimum Gasteiger partial charge on any atom is -0.486 e. The molecule has 1 aromatic rings. The van der Waals surface area contributed by atoms with Gasteiger partial charge in [0, 0.05) is 0 Å². The van der Waals surface area contributed by atoms with Crippen LogP contribution >= 0.6 is 0 Å². The molecule has 4 nitrogen and oxygen atoms in total. The van der Waals surface area contributed by atoms with Gasteiger partial charge in [-0.05, 0) is 44.2 Å². The second-order valence-electron chi connectivity index (χ2n) is 6.08. The Morgan fingerprint density at radius 3 is 2.62 bits per heavy atom. The highest BCUT2D eigenvalue weighted by molar-refractivity contribution is 7.75. The van der Waals surface area contributed by atoms with Gasteiger partial charge in [0.05, 0.1) is 13.0 Å². The van der Waals surface area contributed by atoms with Crippen molar-refractivity contribution in [3.63, 3.8) is 0 Å². The Morgan fingerprint density at radius 1 is 1.17 bits per heavy atom. The fourth-order valence-electron chi connectivity index (χ4n) is 2.81. The second-order valence-corrected chi connectivity index (χ2v) is 6.89. The van der Waals surface area contributed by atoms with Crippen molar-refractivity contribution >= 4 is 11.4 Å². The maximum absolute atomic E-state index is 11.5. The summed E-state index contributed by atoms with van der Waals surface area (Å²) in [4.78, 5) is 0. The van der Waals surface area contributed by atoms with Crippen molar-refractivity contribution in [2.75, 3.05) is 6.61 Å². The van der Waals surface area contributed by atoms with Crippen LogP contribution in [-0.2, 0) is 19.7 Å². The average Bonchev–Trinajstić information content (AvgIpc) is 2.61. The van der Waals surface area contributed by atoms with E-state index >= 15 is 0 Å². The molecule has 0 N–H and O–H groups in total. The van der Waals surface area contributed by atoms with Crippen molar-refractivity contribution in [2.45, 2.75) is 63.9 Å². The quantitative estimate of drug-likeness (QED) is 0.510. The van der Waals surface area contributed by atoms with Gasteiger partial charge in [-0.3, -0.25) is 4.18 Å². The first-order valence-corrected chi connectivity index (χ1v) is 9.68. The zero-order valence-electron chi connectivity index (χ0n) is 14.3. The van der Waals surface area contributed by atoms with Crippen LogP contribution in [0.4, 0.5) is 0 Å². The van der Waals surface area contributed by atoms with Gasteiger partial charge in [-0.15, -0.1) is 0 Å². The summed E-state index contributed by atoms with van der Waals surface area (Å²) in [5.41, 5.74) is -0.277. The summed E-state index contributed by atoms with van der Waals surface area (Å²) in [6, 6.07) is 9.85. The van der Waals surface area contributed by atoms with Gasteiger partial charge >= 0.3 is 11.4 Å². The predicted molar refractivity (Wildman–Crippen MR) is 95.4 cm³/mol. The molecule has 0 radical (unpaired) electrons. The van der Waals surface area contributed by atoms with Crippen LogP contribution in [0.25, 0.3) is 0 Å². The summed E-state index contributed by atoms with van der Waals surface area (Å²) in [6.45, 7) is 2.47. The third kappa shape index (κ3) is 6.54. The van der Waals surface area contributed by atoms with Crippen molar-refractivity contribution in [1.82, 2.24) is 0 Å². The summed E-state index contributed by atoms with van der Waals surface area (Å²) >= 11 is -1.79. The lowest BCUT2D eigenvalue weighted by Crippen LogP contribution is -2.37. The van der Waals surface area contributed by atoms with E-state index in [1.165, 1.54) is 6.42 Å². The van der Waals surface area contributed by atoms with Crippen molar-refractivity contribution in [3.05, 3.63) is 30.3 Å². The van der Waals surface area contributed by atoms with E-state index in [0.717, 1.165) is 44.3 Å². The molecule has 1 fully saturated rings. The fraction of sp³-hybridized carbons (Fsp3) is 0.579. The number of para-hydroxylation sites is 1. The molecule has 0 saturated heterocycles. The molecule has 5 heteroatoms. The Kier molecular flexibility index (Phi) is 8.14. The molecule has 1 saturated carbocycles. The molecule has 0 heterocycles. The predicted octanol–water partition coefficient (Wildman–Crippen LogP) is 4.53. The van der Waals surface area contributed by atoms with E-state index in [0.29, 0.717) is 13.0 Å². The maximum Gasteiger partial charge on any atom is 0.369 e. The summed E-state index contributed by atoms with van der Waals surface area (Å²) in [7, 11) is 0. The third-order valence-electron chi connectivity index (χ3n) is 4.11. The van der Waals surface area contributed by atoms with Crippen LogP contribution in [0.1, 0.15) is 58.3 Å². The molecule has 2 rings (SSSR count). The van der Waals surface area contributed by atoms with Gasteiger partial charge in [-0.2, -0.15) is 4.21 Å². The molecule has 0 aromatic heterocycles. The number of rotatable bonds is 8. The van der Waals surface area contributed by atoms with E-state index in [2.05, 4.69) is 12.0 Å². The summed E-state index contributed by atoms with van der Waals surface area (Å²) < 4.78 is 27.7. The number of hydrogen-bond donors (Lipinski definition) is 0. The van der Waals surface area contributed by atoms with E-state index in [1.807, 2.05) is 37.3 Å². The monoisotopic (exact) mass is 350 g/mol. The standard InChI is InChI=1S/C19H26O4S/c1-2-3-16-21-24(20)22-17-10-15-19(13-8-5-9-14-19)23-18-11-6-4-7-12-18/h4,6-7,11-12H,2-3,5,8-9,13-16H2,1H3. The number of ether oxygens (including phenoxy) is 1. The van der Waals surface area contributed by atoms with E-state index in [9.17, 15) is 4.21 Å². The SMILES string of the molecule is CCCCOS(=O)OC#CCC1(Oc2ccccc2)CCCCC1. The molecule has 1 atom stereocenters. The van der Waals surface area contributed by atoms with E-state index in [-0.39, 0.29) is 5.60 Å². The van der Waals surface area contributed by atoms with E-state index in [4.69, 9.17) is 13.1 Å². The van der Waals surface area contributed by atoms with E-state index in [1.54, 1.807) is 0 Å². The van der Waals surface area contributed by atoms with Gasteiger partial charge < -0.3 is 8.92 Å². The van der Waals surface area contributed by atoms with Crippen LogP contribution in [0.5, 0.6) is 5.75 Å². The Hall–Kier alpha value is -1.51. The van der Waals surface area contributed by atoms with Crippen molar-refractivity contribution < 1.29 is 17.3 Å². The highest BCUT2D eigenvalue weighted by Gasteiger charge is 2.33. The van der Waals surface area contributed by atoms with Crippen LogP contribution in [-0.4, -0.2) is 16.4 Å². The molecule has 1 aromatic carbocycles. The molecule has 1 aliphatic carbocycles. The highest BCUT2D eigenvalue weighted by Crippen LogP contribution is 2.35. The molecule has 0 spiro atoms. The zero-order chi connectivity index (χ0) is 17.1. The Balaban J connectivity index is 1.88. The Bertz CT molecular complexity index is 556. The van der Waals surface area contributed by atoms with Crippen molar-refractivity contribution in [1.29, 1.82) is 0 Å². The first-order valence-electron chi connectivity index (χ1n) is 8.68. The fourth-order valence-corrected chi connectivity index (χ4v) is 3.23. The molecule has 0 amide bonds. The van der Waals surface area contributed by atoms with Crippen LogP contribution in [0.3, 0.4) is 0 Å². The number of benzene rings is 1. The molecular formula is C19H26O4S. The summed E-state index contributed by atoms with van der Waals surface area (Å²) in [5.74, 6) is 3.84. The molecule has 1 unspecified atom stereocenters. The highest BCUT2D eigenvalue weighted by atomic mass is 32.2. The number of unbranched alkanes of at least 4 members (excludes halogenated alkanes) is 1. The minimum atomic E-state index is -1.79. The topological polar surface area (TPSA) is 44.8 Å². The lowest BCUT2D eigenvalue weighted by Gasteiger charge is -2.36. The minimum absolute atomic E-state index is 0.277. The largest absolute Gasteiger partial charge is 0.486 e. The summed E-state index contributed by atoms with van der Waals surface area (Å²) in [6.07, 6.45) is 10.4. The van der Waals surface area contributed by atoms with Gasteiger partial charge in [0.2, 0.25) is 0 Å². The van der Waals surface area contributed by atoms with Crippen molar-refractivity contribution in [3.8, 4) is 17.8 Å². The van der Waals surface area contributed by atoms with Crippen LogP contribution in [0, 0.1) is 12.0 Å². The van der Waals surface area contributed by atoms with Gasteiger partial charge in [0.1, 0.15) is 17.5 Å². The lowest BCUT2D eigenvalue weighted by atomic mass is 9.82. The van der Waals surface area contributed by atoms with Gasteiger partial charge in [0.15, 0.2) is 0 Å². The zero-order valence-corrected chi connectivity index (χ0v) is 15.1. The normalized spacial score (nSPS) is 17.4. The Labute approximate surface area is 147 Å². The van der Waals surface area contributed by atoms with Crippen LogP contribution < -0.4 is 4.74 Å². The molecule has 24 heavy (non-hydrogen) atoms. The Morgan fingerprint density at radius 2 is 1.92 bits per heavy atom. The summed E-state index contributed by atoms with van der Waals surface area (Å²) in [5, 5.41) is 0. The van der Waals surface area contributed by atoms with E-state index < -0.39 is 11.4 Å². The van der Waals surface area contributed by atoms with Gasteiger partial charge in [-0.25, -0.2) is 0 Å². The molecular weight excluding hydrogens is 324 g/mol. The first kappa shape index (κ1) is 18.8. The van der Waals surface area contributed by atoms with Crippen molar-refractivity contribution in [2.24, 2.45) is 0 Å². The third-order valence-corrected chi connectivity index (χ3v) is 4.69. The maximum atomic E-state index is 11.5. The van der Waals surface area contributed by atoms with Crippen LogP contribution in [0.2, 0.25) is 0 Å². The van der Waals surface area contributed by atoms with Gasteiger partial charge in [0.25, 0.3) is 0 Å². The second kappa shape index (κ2) is 10.4. The first-order chi connectivity index (χ1) is 11.7. The molecule has 132 valence electrons. The van der Waals surface area contributed by atoms with Crippen LogP contribution in [0.15, 0.2) is 30.3 Å². The number of hydrogen-bond acceptors (Lipinski definition) is 4.